The molecule has 2 aromatic rings. The lowest BCUT2D eigenvalue weighted by molar-refractivity contribution is 0.340. The van der Waals surface area contributed by atoms with Crippen molar-refractivity contribution < 1.29 is 13.2 Å². The third kappa shape index (κ3) is 3.02. The summed E-state index contributed by atoms with van der Waals surface area (Å²) in [4.78, 5) is 0.601. The normalized spacial score (nSPS) is 11.3. The second-order valence-electron chi connectivity index (χ2n) is 4.41. The number of benzene rings is 2. The minimum Gasteiger partial charge on any atom is -0.494 e. The Morgan fingerprint density at radius 3 is 1.80 bits per heavy atom. The Bertz CT molecular complexity index is 656. The van der Waals surface area contributed by atoms with Crippen LogP contribution in [0.25, 0.3) is 0 Å². The summed E-state index contributed by atoms with van der Waals surface area (Å²) < 4.78 is 30.2. The van der Waals surface area contributed by atoms with Gasteiger partial charge in [0.2, 0.25) is 9.84 Å². The molecule has 0 bridgehead atoms. The van der Waals surface area contributed by atoms with Crippen LogP contribution in [-0.4, -0.2) is 15.0 Å². The summed E-state index contributed by atoms with van der Waals surface area (Å²) in [5.41, 5.74) is 1.12. The van der Waals surface area contributed by atoms with Crippen molar-refractivity contribution in [1.29, 1.82) is 0 Å². The Hall–Kier alpha value is -1.81. The van der Waals surface area contributed by atoms with Gasteiger partial charge in [0, 0.05) is 0 Å². The lowest BCUT2D eigenvalue weighted by atomic mass is 10.2. The number of hydrogen-bond donors (Lipinski definition) is 0. The molecule has 0 N–H and O–H groups in total. The lowest BCUT2D eigenvalue weighted by Crippen LogP contribution is -2.02. The molecule has 0 unspecified atom stereocenters. The third-order valence-corrected chi connectivity index (χ3v) is 4.87. The highest BCUT2D eigenvalue weighted by Gasteiger charge is 2.17. The van der Waals surface area contributed by atoms with Crippen LogP contribution < -0.4 is 4.74 Å². The van der Waals surface area contributed by atoms with Crippen LogP contribution in [0.2, 0.25) is 0 Å². The fourth-order valence-corrected chi connectivity index (χ4v) is 3.18. The number of rotatable bonds is 5. The number of aryl methyl sites for hydroxylation is 1. The van der Waals surface area contributed by atoms with E-state index in [1.165, 1.54) is 0 Å². The molecule has 0 saturated heterocycles. The Labute approximate surface area is 120 Å². The molecule has 106 valence electrons. The number of ether oxygens (including phenoxy) is 1. The van der Waals surface area contributed by atoms with Crippen molar-refractivity contribution in [3.05, 3.63) is 54.1 Å². The topological polar surface area (TPSA) is 43.4 Å². The van der Waals surface area contributed by atoms with E-state index in [1.807, 2.05) is 26.0 Å². The first-order chi connectivity index (χ1) is 9.57. The van der Waals surface area contributed by atoms with E-state index in [4.69, 9.17) is 4.74 Å². The van der Waals surface area contributed by atoms with Crippen molar-refractivity contribution in [3.63, 3.8) is 0 Å². The zero-order valence-corrected chi connectivity index (χ0v) is 12.5. The van der Waals surface area contributed by atoms with Crippen LogP contribution in [0.3, 0.4) is 0 Å². The molecule has 0 heterocycles. The van der Waals surface area contributed by atoms with Crippen LogP contribution in [0.15, 0.2) is 58.3 Å². The van der Waals surface area contributed by atoms with Crippen molar-refractivity contribution in [2.45, 2.75) is 30.1 Å². The maximum atomic E-state index is 12.5. The molecule has 2 aromatic carbocycles. The first kappa shape index (κ1) is 14.6. The molecule has 0 spiro atoms. The second kappa shape index (κ2) is 6.09. The van der Waals surface area contributed by atoms with E-state index < -0.39 is 9.84 Å². The average Bonchev–Trinajstić information content (AvgIpc) is 2.48. The quantitative estimate of drug-likeness (QED) is 0.846. The largest absolute Gasteiger partial charge is 0.494 e. The van der Waals surface area contributed by atoms with E-state index >= 15 is 0 Å². The predicted octanol–water partition coefficient (Wildman–Crippen LogP) is 3.48. The first-order valence-corrected chi connectivity index (χ1v) is 8.13. The van der Waals surface area contributed by atoms with Gasteiger partial charge >= 0.3 is 0 Å². The van der Waals surface area contributed by atoms with Crippen LogP contribution in [0, 0.1) is 0 Å². The molecule has 0 atom stereocenters. The molecule has 0 aromatic heterocycles. The van der Waals surface area contributed by atoms with Gasteiger partial charge in [0.25, 0.3) is 0 Å². The smallest absolute Gasteiger partial charge is 0.206 e. The van der Waals surface area contributed by atoms with Gasteiger partial charge in [-0.1, -0.05) is 19.1 Å². The van der Waals surface area contributed by atoms with E-state index in [2.05, 4.69) is 0 Å². The van der Waals surface area contributed by atoms with Crippen molar-refractivity contribution in [2.24, 2.45) is 0 Å². The van der Waals surface area contributed by atoms with E-state index in [9.17, 15) is 8.42 Å². The van der Waals surface area contributed by atoms with Gasteiger partial charge < -0.3 is 4.74 Å². The molecule has 2 rings (SSSR count). The zero-order chi connectivity index (χ0) is 14.6. The minimum atomic E-state index is -3.45. The highest BCUT2D eigenvalue weighted by Crippen LogP contribution is 2.23. The molecule has 0 amide bonds. The van der Waals surface area contributed by atoms with Crippen LogP contribution in [0.1, 0.15) is 19.4 Å². The maximum absolute atomic E-state index is 12.5. The highest BCUT2D eigenvalue weighted by atomic mass is 32.2. The van der Waals surface area contributed by atoms with Crippen molar-refractivity contribution in [3.8, 4) is 5.75 Å². The van der Waals surface area contributed by atoms with Gasteiger partial charge in [0.05, 0.1) is 16.4 Å². The molecule has 0 fully saturated rings. The Morgan fingerprint density at radius 2 is 1.35 bits per heavy atom. The van der Waals surface area contributed by atoms with Gasteiger partial charge in [-0.15, -0.1) is 0 Å². The summed E-state index contributed by atoms with van der Waals surface area (Å²) in [6.45, 7) is 4.49. The molecule has 0 saturated carbocycles. The molecule has 4 heteroatoms. The van der Waals surface area contributed by atoms with Gasteiger partial charge in [-0.25, -0.2) is 8.42 Å². The molecule has 0 radical (unpaired) electrons. The van der Waals surface area contributed by atoms with Crippen LogP contribution in [-0.2, 0) is 16.3 Å². The minimum absolute atomic E-state index is 0.283. The monoisotopic (exact) mass is 290 g/mol. The average molecular weight is 290 g/mol. The molecule has 20 heavy (non-hydrogen) atoms. The molecule has 0 aliphatic heterocycles. The number of sulfone groups is 1. The Morgan fingerprint density at radius 1 is 0.850 bits per heavy atom. The zero-order valence-electron chi connectivity index (χ0n) is 11.7. The summed E-state index contributed by atoms with van der Waals surface area (Å²) in [5, 5.41) is 0. The number of hydrogen-bond acceptors (Lipinski definition) is 3. The van der Waals surface area contributed by atoms with Crippen LogP contribution in [0.5, 0.6) is 5.75 Å². The summed E-state index contributed by atoms with van der Waals surface area (Å²) in [5.74, 6) is 0.674. The van der Waals surface area contributed by atoms with Gasteiger partial charge in [-0.3, -0.25) is 0 Å². The van der Waals surface area contributed by atoms with Crippen molar-refractivity contribution in [1.82, 2.24) is 0 Å². The van der Waals surface area contributed by atoms with E-state index in [1.54, 1.807) is 36.4 Å². The summed E-state index contributed by atoms with van der Waals surface area (Å²) in [6.07, 6.45) is 0.892. The molecular formula is C16H18O3S. The Balaban J connectivity index is 2.33. The molecule has 0 aliphatic carbocycles. The molecule has 0 aliphatic rings. The summed E-state index contributed by atoms with van der Waals surface area (Å²) >= 11 is 0. The van der Waals surface area contributed by atoms with Gasteiger partial charge in [-0.2, -0.15) is 0 Å². The SMILES string of the molecule is CCOc1ccc(S(=O)(=O)c2ccc(CC)cc2)cc1. The second-order valence-corrected chi connectivity index (χ2v) is 6.36. The van der Waals surface area contributed by atoms with E-state index in [0.29, 0.717) is 17.3 Å². The molecule has 3 nitrogen and oxygen atoms in total. The first-order valence-electron chi connectivity index (χ1n) is 6.64. The van der Waals surface area contributed by atoms with E-state index in [0.717, 1.165) is 12.0 Å². The van der Waals surface area contributed by atoms with E-state index in [-0.39, 0.29) is 4.90 Å². The molecular weight excluding hydrogens is 272 g/mol. The van der Waals surface area contributed by atoms with Crippen molar-refractivity contribution >= 4 is 9.84 Å². The van der Waals surface area contributed by atoms with Crippen molar-refractivity contribution in [2.75, 3.05) is 6.61 Å². The fraction of sp³-hybridized carbons (Fsp3) is 0.250. The van der Waals surface area contributed by atoms with Gasteiger partial charge in [-0.05, 0) is 55.3 Å². The lowest BCUT2D eigenvalue weighted by Gasteiger charge is -2.07. The Kier molecular flexibility index (Phi) is 4.45. The standard InChI is InChI=1S/C16H18O3S/c1-3-13-5-9-15(10-6-13)20(17,18)16-11-7-14(8-12-16)19-4-2/h5-12H,3-4H2,1-2H3. The maximum Gasteiger partial charge on any atom is 0.206 e. The van der Waals surface area contributed by atoms with Crippen LogP contribution >= 0.6 is 0 Å². The van der Waals surface area contributed by atoms with Crippen LogP contribution in [0.4, 0.5) is 0 Å². The van der Waals surface area contributed by atoms with Gasteiger partial charge in [0.1, 0.15) is 5.75 Å². The predicted molar refractivity (Wildman–Crippen MR) is 78.9 cm³/mol. The summed E-state index contributed by atoms with van der Waals surface area (Å²) in [6, 6.07) is 13.5. The third-order valence-electron chi connectivity index (χ3n) is 3.09. The van der Waals surface area contributed by atoms with Gasteiger partial charge in [0.15, 0.2) is 0 Å². The highest BCUT2D eigenvalue weighted by molar-refractivity contribution is 7.91. The fourth-order valence-electron chi connectivity index (χ4n) is 1.92. The summed E-state index contributed by atoms with van der Waals surface area (Å²) in [7, 11) is -3.45.